The van der Waals surface area contributed by atoms with Crippen molar-refractivity contribution in [1.82, 2.24) is 19.7 Å². The van der Waals surface area contributed by atoms with Gasteiger partial charge < -0.3 is 14.4 Å². The minimum absolute atomic E-state index is 0.00157. The molecule has 0 aliphatic carbocycles. The van der Waals surface area contributed by atoms with Gasteiger partial charge in [-0.15, -0.1) is 0 Å². The summed E-state index contributed by atoms with van der Waals surface area (Å²) < 4.78 is 13.4. The second-order valence-corrected chi connectivity index (χ2v) is 8.13. The van der Waals surface area contributed by atoms with Gasteiger partial charge >= 0.3 is 0 Å². The maximum Gasteiger partial charge on any atom is 0.256 e. The minimum Gasteiger partial charge on any atom is -0.490 e. The van der Waals surface area contributed by atoms with Crippen LogP contribution in [0, 0.1) is 6.92 Å². The molecule has 0 fully saturated rings. The van der Waals surface area contributed by atoms with Crippen LogP contribution < -0.4 is 9.47 Å². The Morgan fingerprint density at radius 2 is 1.77 bits per heavy atom. The van der Waals surface area contributed by atoms with Gasteiger partial charge in [0.1, 0.15) is 0 Å². The average molecular weight is 423 g/mol. The maximum absolute atomic E-state index is 13.4. The number of nitrogens with zero attached hydrogens (tertiary/aromatic N) is 4. The number of rotatable bonds is 6. The summed E-state index contributed by atoms with van der Waals surface area (Å²) in [7, 11) is 0. The molecule has 7 nitrogen and oxygen atoms in total. The molecule has 3 aromatic rings. The van der Waals surface area contributed by atoms with E-state index in [-0.39, 0.29) is 11.9 Å². The largest absolute Gasteiger partial charge is 0.490 e. The van der Waals surface area contributed by atoms with E-state index in [1.165, 1.54) is 5.56 Å². The first-order valence-corrected chi connectivity index (χ1v) is 11.0. The lowest BCUT2D eigenvalue weighted by Crippen LogP contribution is -2.36. The Bertz CT molecular complexity index is 1120. The Hall–Kier alpha value is -3.09. The molecular formula is C24H30N4O3. The second kappa shape index (κ2) is 8.57. The molecule has 0 saturated carbocycles. The molecule has 164 valence electrons. The number of aryl methyl sites for hydroxylation is 1. The first-order valence-electron chi connectivity index (χ1n) is 11.0. The third-order valence-corrected chi connectivity index (χ3v) is 5.64. The number of carbonyl (C=O) groups excluding carboxylic acids is 1. The molecule has 0 spiro atoms. The predicted molar refractivity (Wildman–Crippen MR) is 120 cm³/mol. The van der Waals surface area contributed by atoms with Crippen molar-refractivity contribution in [2.75, 3.05) is 19.8 Å². The van der Waals surface area contributed by atoms with E-state index in [9.17, 15) is 4.79 Å². The van der Waals surface area contributed by atoms with Crippen LogP contribution in [0.1, 0.15) is 60.9 Å². The third-order valence-electron chi connectivity index (χ3n) is 5.64. The van der Waals surface area contributed by atoms with Crippen molar-refractivity contribution in [3.8, 4) is 11.5 Å². The summed E-state index contributed by atoms with van der Waals surface area (Å²) >= 11 is 0. The van der Waals surface area contributed by atoms with Gasteiger partial charge in [-0.3, -0.25) is 4.79 Å². The predicted octanol–water partition coefficient (Wildman–Crippen LogP) is 4.32. The molecular weight excluding hydrogens is 392 g/mol. The van der Waals surface area contributed by atoms with E-state index in [4.69, 9.17) is 14.5 Å². The van der Waals surface area contributed by atoms with Crippen LogP contribution in [0.25, 0.3) is 11.0 Å². The lowest BCUT2D eigenvalue weighted by molar-refractivity contribution is 0.0733. The SMILES string of the molecule is CCOc1cc2c(cc1OCC)CN(C(=O)c1cc3cnn(C(C)C)c3nc1C)CC2. The molecule has 0 unspecified atom stereocenters. The molecule has 7 heteroatoms. The zero-order chi connectivity index (χ0) is 22.1. The molecule has 0 bridgehead atoms. The highest BCUT2D eigenvalue weighted by Crippen LogP contribution is 2.34. The molecule has 1 amide bonds. The molecule has 0 N–H and O–H groups in total. The monoisotopic (exact) mass is 422 g/mol. The molecule has 3 heterocycles. The van der Waals surface area contributed by atoms with Crippen molar-refractivity contribution in [1.29, 1.82) is 0 Å². The van der Waals surface area contributed by atoms with Crippen molar-refractivity contribution >= 4 is 16.9 Å². The number of ether oxygens (including phenoxy) is 2. The molecule has 1 aromatic carbocycles. The first kappa shape index (κ1) is 21.2. The minimum atomic E-state index is 0.00157. The smallest absolute Gasteiger partial charge is 0.256 e. The summed E-state index contributed by atoms with van der Waals surface area (Å²) in [5.74, 6) is 1.51. The fourth-order valence-corrected chi connectivity index (χ4v) is 4.10. The van der Waals surface area contributed by atoms with Crippen LogP contribution in [0.5, 0.6) is 11.5 Å². The van der Waals surface area contributed by atoms with Gasteiger partial charge in [0.05, 0.1) is 30.7 Å². The van der Waals surface area contributed by atoms with Gasteiger partial charge in [0.25, 0.3) is 5.91 Å². The number of hydrogen-bond acceptors (Lipinski definition) is 5. The molecule has 1 aliphatic rings. The lowest BCUT2D eigenvalue weighted by Gasteiger charge is -2.30. The van der Waals surface area contributed by atoms with Crippen molar-refractivity contribution in [3.05, 3.63) is 46.8 Å². The molecule has 0 saturated heterocycles. The third kappa shape index (κ3) is 3.96. The number of amides is 1. The fraction of sp³-hybridized carbons (Fsp3) is 0.458. The Balaban J connectivity index is 1.63. The molecule has 31 heavy (non-hydrogen) atoms. The molecule has 0 radical (unpaired) electrons. The molecule has 0 atom stereocenters. The van der Waals surface area contributed by atoms with E-state index in [1.54, 1.807) is 6.20 Å². The number of carbonyl (C=O) groups is 1. The highest BCUT2D eigenvalue weighted by atomic mass is 16.5. The topological polar surface area (TPSA) is 69.5 Å². The zero-order valence-corrected chi connectivity index (χ0v) is 18.9. The van der Waals surface area contributed by atoms with Crippen molar-refractivity contribution in [3.63, 3.8) is 0 Å². The Morgan fingerprint density at radius 3 is 2.42 bits per heavy atom. The van der Waals surface area contributed by atoms with Gasteiger partial charge in [-0.05, 0) is 70.4 Å². The van der Waals surface area contributed by atoms with Crippen LogP contribution in [-0.4, -0.2) is 45.3 Å². The number of fused-ring (bicyclic) bond motifs is 2. The number of benzene rings is 1. The quantitative estimate of drug-likeness (QED) is 0.592. The number of hydrogen-bond donors (Lipinski definition) is 0. The fourth-order valence-electron chi connectivity index (χ4n) is 4.10. The second-order valence-electron chi connectivity index (χ2n) is 8.13. The van der Waals surface area contributed by atoms with E-state index in [2.05, 4.69) is 25.0 Å². The highest BCUT2D eigenvalue weighted by molar-refractivity contribution is 5.98. The molecule has 4 rings (SSSR count). The molecule has 2 aromatic heterocycles. The van der Waals surface area contributed by atoms with E-state index >= 15 is 0 Å². The normalized spacial score (nSPS) is 13.5. The van der Waals surface area contributed by atoms with Gasteiger partial charge in [-0.1, -0.05) is 0 Å². The summed E-state index contributed by atoms with van der Waals surface area (Å²) in [6.07, 6.45) is 2.57. The van der Waals surface area contributed by atoms with Crippen molar-refractivity contribution in [2.24, 2.45) is 0 Å². The summed E-state index contributed by atoms with van der Waals surface area (Å²) in [4.78, 5) is 20.0. The number of pyridine rings is 1. The lowest BCUT2D eigenvalue weighted by atomic mass is 9.98. The van der Waals surface area contributed by atoms with Crippen LogP contribution in [-0.2, 0) is 13.0 Å². The summed E-state index contributed by atoms with van der Waals surface area (Å²) in [6.45, 7) is 12.3. The highest BCUT2D eigenvalue weighted by Gasteiger charge is 2.26. The summed E-state index contributed by atoms with van der Waals surface area (Å²) in [5.41, 5.74) is 4.49. The Labute approximate surface area is 183 Å². The zero-order valence-electron chi connectivity index (χ0n) is 18.9. The summed E-state index contributed by atoms with van der Waals surface area (Å²) in [6, 6.07) is 6.21. The van der Waals surface area contributed by atoms with Gasteiger partial charge in [-0.2, -0.15) is 5.10 Å². The van der Waals surface area contributed by atoms with Gasteiger partial charge in [-0.25, -0.2) is 9.67 Å². The molecule has 1 aliphatic heterocycles. The van der Waals surface area contributed by atoms with Gasteiger partial charge in [0.15, 0.2) is 17.1 Å². The Kier molecular flexibility index (Phi) is 5.85. The van der Waals surface area contributed by atoms with Gasteiger partial charge in [0, 0.05) is 24.5 Å². The van der Waals surface area contributed by atoms with Crippen LogP contribution >= 0.6 is 0 Å². The average Bonchev–Trinajstić information content (AvgIpc) is 3.16. The van der Waals surface area contributed by atoms with Crippen molar-refractivity contribution in [2.45, 2.75) is 53.6 Å². The summed E-state index contributed by atoms with van der Waals surface area (Å²) in [5, 5.41) is 5.32. The van der Waals surface area contributed by atoms with E-state index < -0.39 is 0 Å². The van der Waals surface area contributed by atoms with Gasteiger partial charge in [0.2, 0.25) is 0 Å². The van der Waals surface area contributed by atoms with Crippen LogP contribution in [0.4, 0.5) is 0 Å². The Morgan fingerprint density at radius 1 is 1.10 bits per heavy atom. The number of aromatic nitrogens is 3. The van der Waals surface area contributed by atoms with E-state index in [0.717, 1.165) is 40.2 Å². The van der Waals surface area contributed by atoms with Crippen LogP contribution in [0.3, 0.4) is 0 Å². The maximum atomic E-state index is 13.4. The van der Waals surface area contributed by atoms with Crippen LogP contribution in [0.15, 0.2) is 24.4 Å². The standard InChI is InChI=1S/C24H30N4O3/c1-6-30-21-11-17-8-9-27(14-19(17)12-22(21)31-7-2)24(29)20-10-18-13-25-28(15(3)4)23(18)26-16(20)5/h10-13,15H,6-9,14H2,1-5H3. The van der Waals surface area contributed by atoms with Crippen molar-refractivity contribution < 1.29 is 14.3 Å². The van der Waals surface area contributed by atoms with E-state index in [1.807, 2.05) is 42.5 Å². The van der Waals surface area contributed by atoms with Crippen LogP contribution in [0.2, 0.25) is 0 Å². The van der Waals surface area contributed by atoms with E-state index in [0.29, 0.717) is 31.9 Å². The first-order chi connectivity index (χ1) is 14.9.